The molecule has 0 rings (SSSR count). The number of hydrogen-bond donors (Lipinski definition) is 1. The summed E-state index contributed by atoms with van der Waals surface area (Å²) in [7, 11) is 0. The van der Waals surface area contributed by atoms with Gasteiger partial charge in [-0.1, -0.05) is 31.9 Å². The number of carbonyl (C=O) groups excluding carboxylic acids is 1. The predicted molar refractivity (Wildman–Crippen MR) is 58.9 cm³/mol. The first-order chi connectivity index (χ1) is 6.49. The molecule has 2 unspecified atom stereocenters. The Balaban J connectivity index is 3.91. The summed E-state index contributed by atoms with van der Waals surface area (Å²) in [4.78, 5) is 20.7. The molecule has 0 aromatic heterocycles. The number of hydrogen-bond acceptors (Lipinski definition) is 3. The Morgan fingerprint density at radius 3 is 2.43 bits per heavy atom. The van der Waals surface area contributed by atoms with Crippen molar-refractivity contribution in [1.82, 2.24) is 0 Å². The fourth-order valence-electron chi connectivity index (χ4n) is 0.777. The second kappa shape index (κ2) is 7.23. The fourth-order valence-corrected chi connectivity index (χ4v) is 1.62. The Labute approximate surface area is 99.3 Å². The van der Waals surface area contributed by atoms with E-state index in [1.54, 1.807) is 6.92 Å². The molecule has 0 heterocycles. The molecule has 2 atom stereocenters. The molecule has 0 bridgehead atoms. The molecule has 0 saturated carbocycles. The van der Waals surface area contributed by atoms with E-state index in [4.69, 9.17) is 9.84 Å². The van der Waals surface area contributed by atoms with Crippen molar-refractivity contribution >= 4 is 43.8 Å². The number of aliphatic carboxylic acids is 1. The normalized spacial score (nSPS) is 14.5. The second-order valence-electron chi connectivity index (χ2n) is 2.60. The molecular formula is C8H12Br2O4. The highest BCUT2D eigenvalue weighted by Crippen LogP contribution is 2.20. The summed E-state index contributed by atoms with van der Waals surface area (Å²) in [6.45, 7) is 2.04. The van der Waals surface area contributed by atoms with Crippen LogP contribution >= 0.6 is 31.9 Å². The van der Waals surface area contributed by atoms with Crippen LogP contribution in [0.4, 0.5) is 0 Å². The SMILES string of the molecule is CCOC(=O)C(Br)C(Br)CCC(=O)O. The first-order valence-corrected chi connectivity index (χ1v) is 5.98. The first kappa shape index (κ1) is 13.9. The second-order valence-corrected chi connectivity index (χ2v) is 4.76. The Hall–Kier alpha value is -0.100. The summed E-state index contributed by atoms with van der Waals surface area (Å²) in [5.74, 6) is -1.25. The lowest BCUT2D eigenvalue weighted by molar-refractivity contribution is -0.142. The van der Waals surface area contributed by atoms with Gasteiger partial charge in [0.15, 0.2) is 0 Å². The summed E-state index contributed by atoms with van der Waals surface area (Å²) in [6.07, 6.45) is 0.404. The Morgan fingerprint density at radius 2 is 2.00 bits per heavy atom. The van der Waals surface area contributed by atoms with E-state index >= 15 is 0 Å². The Bertz CT molecular complexity index is 208. The molecule has 1 N–H and O–H groups in total. The van der Waals surface area contributed by atoms with Crippen LogP contribution in [-0.4, -0.2) is 33.3 Å². The fraction of sp³-hybridized carbons (Fsp3) is 0.750. The molecule has 4 nitrogen and oxygen atoms in total. The lowest BCUT2D eigenvalue weighted by atomic mass is 10.2. The van der Waals surface area contributed by atoms with Gasteiger partial charge < -0.3 is 9.84 Å². The molecule has 6 heteroatoms. The van der Waals surface area contributed by atoms with Gasteiger partial charge in [-0.25, -0.2) is 0 Å². The standard InChI is InChI=1S/C8H12Br2O4/c1-2-14-8(13)7(10)5(9)3-4-6(11)12/h5,7H,2-4H2,1H3,(H,11,12). The van der Waals surface area contributed by atoms with Crippen molar-refractivity contribution in [2.24, 2.45) is 0 Å². The van der Waals surface area contributed by atoms with E-state index in [0.717, 1.165) is 0 Å². The molecule has 0 aliphatic heterocycles. The molecule has 0 aromatic rings. The van der Waals surface area contributed by atoms with Crippen molar-refractivity contribution in [3.05, 3.63) is 0 Å². The van der Waals surface area contributed by atoms with Crippen molar-refractivity contribution in [1.29, 1.82) is 0 Å². The lowest BCUT2D eigenvalue weighted by Crippen LogP contribution is -2.26. The van der Waals surface area contributed by atoms with Crippen LogP contribution in [0.2, 0.25) is 0 Å². The minimum Gasteiger partial charge on any atom is -0.481 e. The van der Waals surface area contributed by atoms with Gasteiger partial charge in [-0.3, -0.25) is 9.59 Å². The number of rotatable bonds is 6. The van der Waals surface area contributed by atoms with Crippen LogP contribution in [0.1, 0.15) is 19.8 Å². The van der Waals surface area contributed by atoms with E-state index in [9.17, 15) is 9.59 Å². The van der Waals surface area contributed by atoms with Crippen LogP contribution in [0.5, 0.6) is 0 Å². The molecule has 14 heavy (non-hydrogen) atoms. The molecule has 0 radical (unpaired) electrons. The zero-order valence-corrected chi connectivity index (χ0v) is 10.9. The molecule has 0 aromatic carbocycles. The smallest absolute Gasteiger partial charge is 0.320 e. The number of ether oxygens (including phenoxy) is 1. The van der Waals surface area contributed by atoms with Crippen molar-refractivity contribution < 1.29 is 19.4 Å². The van der Waals surface area contributed by atoms with Gasteiger partial charge in [-0.2, -0.15) is 0 Å². The van der Waals surface area contributed by atoms with Crippen LogP contribution in [0.3, 0.4) is 0 Å². The zero-order valence-electron chi connectivity index (χ0n) is 7.70. The molecule has 0 aliphatic carbocycles. The first-order valence-electron chi connectivity index (χ1n) is 4.15. The Morgan fingerprint density at radius 1 is 1.43 bits per heavy atom. The van der Waals surface area contributed by atoms with Crippen LogP contribution in [0.15, 0.2) is 0 Å². The van der Waals surface area contributed by atoms with Crippen molar-refractivity contribution in [3.63, 3.8) is 0 Å². The van der Waals surface area contributed by atoms with Gasteiger partial charge in [0.05, 0.1) is 6.61 Å². The molecule has 82 valence electrons. The van der Waals surface area contributed by atoms with E-state index in [1.165, 1.54) is 0 Å². The topological polar surface area (TPSA) is 63.6 Å². The van der Waals surface area contributed by atoms with Crippen LogP contribution in [-0.2, 0) is 14.3 Å². The molecule has 0 amide bonds. The van der Waals surface area contributed by atoms with Gasteiger partial charge >= 0.3 is 11.9 Å². The van der Waals surface area contributed by atoms with Crippen molar-refractivity contribution in [2.45, 2.75) is 29.4 Å². The van der Waals surface area contributed by atoms with Crippen molar-refractivity contribution in [2.75, 3.05) is 6.61 Å². The maximum atomic E-state index is 11.2. The van der Waals surface area contributed by atoms with E-state index in [2.05, 4.69) is 31.9 Å². The molecule has 0 aliphatic rings. The number of alkyl halides is 2. The highest BCUT2D eigenvalue weighted by molar-refractivity contribution is 9.12. The summed E-state index contributed by atoms with van der Waals surface area (Å²) in [5.41, 5.74) is 0. The number of carbonyl (C=O) groups is 2. The molecular weight excluding hydrogens is 320 g/mol. The predicted octanol–water partition coefficient (Wildman–Crippen LogP) is 1.94. The largest absolute Gasteiger partial charge is 0.481 e. The van der Waals surface area contributed by atoms with Gasteiger partial charge in [-0.05, 0) is 13.3 Å². The van der Waals surface area contributed by atoms with E-state index in [-0.39, 0.29) is 17.2 Å². The monoisotopic (exact) mass is 330 g/mol. The quantitative estimate of drug-likeness (QED) is 0.596. The number of carboxylic acids is 1. The summed E-state index contributed by atoms with van der Waals surface area (Å²) in [5, 5.41) is 8.43. The average molecular weight is 332 g/mol. The maximum Gasteiger partial charge on any atom is 0.320 e. The minimum atomic E-state index is -0.877. The third kappa shape index (κ3) is 5.59. The molecule has 0 saturated heterocycles. The number of carboxylic acid groups (broad SMARTS) is 1. The number of halogens is 2. The van der Waals surface area contributed by atoms with E-state index in [0.29, 0.717) is 13.0 Å². The third-order valence-corrected chi connectivity index (χ3v) is 4.17. The highest BCUT2D eigenvalue weighted by atomic mass is 79.9. The van der Waals surface area contributed by atoms with Gasteiger partial charge in [0.25, 0.3) is 0 Å². The van der Waals surface area contributed by atoms with Gasteiger partial charge in [0.2, 0.25) is 0 Å². The minimum absolute atomic E-state index is 0.0252. The van der Waals surface area contributed by atoms with E-state index in [1.807, 2.05) is 0 Å². The highest BCUT2D eigenvalue weighted by Gasteiger charge is 2.24. The average Bonchev–Trinajstić information content (AvgIpc) is 2.13. The summed E-state index contributed by atoms with van der Waals surface area (Å²) < 4.78 is 4.77. The molecule has 0 fully saturated rings. The van der Waals surface area contributed by atoms with Crippen LogP contribution in [0.25, 0.3) is 0 Å². The van der Waals surface area contributed by atoms with E-state index < -0.39 is 10.8 Å². The zero-order chi connectivity index (χ0) is 11.1. The third-order valence-electron chi connectivity index (χ3n) is 1.46. The van der Waals surface area contributed by atoms with Crippen LogP contribution < -0.4 is 0 Å². The van der Waals surface area contributed by atoms with Crippen molar-refractivity contribution in [3.8, 4) is 0 Å². The van der Waals surface area contributed by atoms with Crippen LogP contribution in [0, 0.1) is 0 Å². The summed E-state index contributed by atoms with van der Waals surface area (Å²) in [6, 6.07) is 0. The maximum absolute atomic E-state index is 11.2. The van der Waals surface area contributed by atoms with Gasteiger partial charge in [0, 0.05) is 11.2 Å². The lowest BCUT2D eigenvalue weighted by Gasteiger charge is -2.14. The molecule has 0 spiro atoms. The van der Waals surface area contributed by atoms with Gasteiger partial charge in [0.1, 0.15) is 4.83 Å². The number of esters is 1. The summed E-state index contributed by atoms with van der Waals surface area (Å²) >= 11 is 6.38. The van der Waals surface area contributed by atoms with Gasteiger partial charge in [-0.15, -0.1) is 0 Å². The Kier molecular flexibility index (Phi) is 7.17.